The Morgan fingerprint density at radius 3 is 2.04 bits per heavy atom. The molecule has 5 aromatic rings. The molecule has 0 aromatic heterocycles. The molecule has 1 heterocycles. The summed E-state index contributed by atoms with van der Waals surface area (Å²) >= 11 is 0. The highest BCUT2D eigenvalue weighted by Gasteiger charge is 2.35. The number of aliphatic hydroxyl groups excluding tert-OH is 2. The predicted octanol–water partition coefficient (Wildman–Crippen LogP) is 8.48. The fourth-order valence-electron chi connectivity index (χ4n) is 6.06. The van der Waals surface area contributed by atoms with Crippen LogP contribution >= 0.6 is 0 Å². The molecular weight excluding hydrogens is 584 g/mol. The molecule has 5 aromatic carbocycles. The fraction of sp³-hybridized carbons (Fsp3) is 0.238. The Balaban J connectivity index is 0.00000120. The second kappa shape index (κ2) is 17.1. The normalized spacial score (nSPS) is 15.6. The molecule has 1 atom stereocenters. The summed E-state index contributed by atoms with van der Waals surface area (Å²) in [6, 6.07) is 35.6. The summed E-state index contributed by atoms with van der Waals surface area (Å²) in [6.45, 7) is 7.08. The highest BCUT2D eigenvalue weighted by Crippen LogP contribution is 2.46. The maximum Gasteiger partial charge on any atom is 0.124 e. The van der Waals surface area contributed by atoms with Crippen molar-refractivity contribution in [3.8, 4) is 41.2 Å². The number of aliphatic hydroxyl groups is 2. The van der Waals surface area contributed by atoms with Gasteiger partial charge in [-0.3, -0.25) is 0 Å². The lowest BCUT2D eigenvalue weighted by atomic mass is 9.69. The van der Waals surface area contributed by atoms with Gasteiger partial charge in [0.25, 0.3) is 0 Å². The van der Waals surface area contributed by atoms with Crippen molar-refractivity contribution in [3.63, 3.8) is 0 Å². The third-order valence-electron chi connectivity index (χ3n) is 8.15. The van der Waals surface area contributed by atoms with Crippen LogP contribution in [0.2, 0.25) is 0 Å². The van der Waals surface area contributed by atoms with Crippen molar-refractivity contribution < 1.29 is 24.4 Å². The van der Waals surface area contributed by atoms with Crippen molar-refractivity contribution >= 4 is 16.8 Å². The molecule has 0 spiro atoms. The number of hydrogen-bond acceptors (Lipinski definition) is 5. The quantitative estimate of drug-likeness (QED) is 0.169. The van der Waals surface area contributed by atoms with Gasteiger partial charge in [0.05, 0.1) is 13.2 Å². The predicted molar refractivity (Wildman–Crippen MR) is 193 cm³/mol. The monoisotopic (exact) mass is 628 g/mol. The molecule has 0 fully saturated rings. The van der Waals surface area contributed by atoms with Gasteiger partial charge in [-0.1, -0.05) is 99.6 Å². The fourth-order valence-corrected chi connectivity index (χ4v) is 6.06. The third-order valence-corrected chi connectivity index (χ3v) is 8.15. The summed E-state index contributed by atoms with van der Waals surface area (Å²) in [6.07, 6.45) is 12.8. The van der Waals surface area contributed by atoms with Crippen molar-refractivity contribution in [1.29, 1.82) is 0 Å². The molecule has 2 N–H and O–H groups in total. The van der Waals surface area contributed by atoms with Gasteiger partial charge in [-0.05, 0) is 81.4 Å². The van der Waals surface area contributed by atoms with Crippen LogP contribution in [0.4, 0.5) is 0 Å². The van der Waals surface area contributed by atoms with E-state index in [4.69, 9.17) is 14.2 Å². The number of benzene rings is 5. The summed E-state index contributed by atoms with van der Waals surface area (Å²) in [5.74, 6) is 2.25. The molecule has 0 aliphatic carbocycles. The summed E-state index contributed by atoms with van der Waals surface area (Å²) in [4.78, 5) is 0. The van der Waals surface area contributed by atoms with Crippen LogP contribution in [0.3, 0.4) is 0 Å². The van der Waals surface area contributed by atoms with Gasteiger partial charge in [0.15, 0.2) is 0 Å². The first-order valence-corrected chi connectivity index (χ1v) is 16.1. The Hall–Kier alpha value is -5.02. The lowest BCUT2D eigenvalue weighted by Crippen LogP contribution is -2.29. The lowest BCUT2D eigenvalue weighted by Gasteiger charge is -2.35. The van der Waals surface area contributed by atoms with Gasteiger partial charge < -0.3 is 24.4 Å². The standard InChI is InChI=1S/C38H36O5.C2H6.C2H2/c1-38(32-14-9-29(10-15-32)27-6-3-2-4-7-27)26-31-24-33(41-22-19-39)16-11-28(31)8-5-21-43-36-18-13-30-12-17-34(42-23-20-40)25-35(30)37(36)38;2*1-2/h2-18,24-25,39-40H,19-23,26H2,1H3;1-2H3;1-2H/b8-5-;;. The molecule has 0 saturated carbocycles. The van der Waals surface area contributed by atoms with Crippen LogP contribution < -0.4 is 14.2 Å². The van der Waals surface area contributed by atoms with Crippen molar-refractivity contribution in [2.45, 2.75) is 32.6 Å². The first-order valence-electron chi connectivity index (χ1n) is 16.1. The number of rotatable bonds is 8. The maximum atomic E-state index is 9.39. The second-order valence-corrected chi connectivity index (χ2v) is 11.0. The smallest absolute Gasteiger partial charge is 0.124 e. The zero-order valence-corrected chi connectivity index (χ0v) is 27.5. The van der Waals surface area contributed by atoms with E-state index < -0.39 is 5.41 Å². The average Bonchev–Trinajstić information content (AvgIpc) is 3.13. The zero-order chi connectivity index (χ0) is 33.6. The molecule has 0 bridgehead atoms. The van der Waals surface area contributed by atoms with Crippen LogP contribution in [-0.4, -0.2) is 43.2 Å². The topological polar surface area (TPSA) is 68.2 Å². The Bertz CT molecular complexity index is 1770. The van der Waals surface area contributed by atoms with Gasteiger partial charge in [-0.25, -0.2) is 0 Å². The highest BCUT2D eigenvalue weighted by molar-refractivity contribution is 5.91. The molecule has 0 radical (unpaired) electrons. The van der Waals surface area contributed by atoms with E-state index in [1.807, 2.05) is 38.1 Å². The average molecular weight is 629 g/mol. The van der Waals surface area contributed by atoms with E-state index in [1.54, 1.807) is 0 Å². The van der Waals surface area contributed by atoms with Crippen molar-refractivity contribution in [1.82, 2.24) is 0 Å². The van der Waals surface area contributed by atoms with Crippen molar-refractivity contribution in [2.24, 2.45) is 0 Å². The second-order valence-electron chi connectivity index (χ2n) is 11.0. The van der Waals surface area contributed by atoms with E-state index in [1.165, 1.54) is 5.56 Å². The SMILES string of the molecule is C#C.CC.CC1(c2ccc(-c3ccccc3)cc2)Cc2cc(OCCO)ccc2/C=C\COc2ccc3ccc(OCCO)cc3c21. The van der Waals surface area contributed by atoms with Crippen LogP contribution in [0.1, 0.15) is 43.0 Å². The van der Waals surface area contributed by atoms with Gasteiger partial charge in [-0.2, -0.15) is 0 Å². The van der Waals surface area contributed by atoms with E-state index in [9.17, 15) is 10.2 Å². The minimum Gasteiger partial charge on any atom is -0.491 e. The van der Waals surface area contributed by atoms with E-state index in [0.29, 0.717) is 18.8 Å². The van der Waals surface area contributed by atoms with Crippen LogP contribution in [0, 0.1) is 12.8 Å². The van der Waals surface area contributed by atoms with Gasteiger partial charge in [0.1, 0.15) is 37.1 Å². The molecule has 47 heavy (non-hydrogen) atoms. The third kappa shape index (κ3) is 8.04. The van der Waals surface area contributed by atoms with E-state index >= 15 is 0 Å². The summed E-state index contributed by atoms with van der Waals surface area (Å²) in [5, 5.41) is 20.9. The van der Waals surface area contributed by atoms with Gasteiger partial charge in [-0.15, -0.1) is 12.8 Å². The lowest BCUT2D eigenvalue weighted by molar-refractivity contribution is 0.201. The van der Waals surface area contributed by atoms with Crippen molar-refractivity contribution in [2.75, 3.05) is 33.0 Å². The molecule has 5 heteroatoms. The van der Waals surface area contributed by atoms with Crippen LogP contribution in [-0.2, 0) is 11.8 Å². The largest absolute Gasteiger partial charge is 0.491 e. The van der Waals surface area contributed by atoms with Gasteiger partial charge in [0.2, 0.25) is 0 Å². The van der Waals surface area contributed by atoms with E-state index in [-0.39, 0.29) is 26.4 Å². The molecular formula is C42H44O5. The number of hydrogen-bond donors (Lipinski definition) is 2. The molecule has 1 aliphatic rings. The Morgan fingerprint density at radius 1 is 0.745 bits per heavy atom. The summed E-state index contributed by atoms with van der Waals surface area (Å²) in [5.41, 5.74) is 6.28. The maximum absolute atomic E-state index is 9.39. The Labute approximate surface area is 279 Å². The van der Waals surface area contributed by atoms with Gasteiger partial charge in [0, 0.05) is 11.0 Å². The Kier molecular flexibility index (Phi) is 12.6. The molecule has 6 rings (SSSR count). The number of ether oxygens (including phenoxy) is 3. The summed E-state index contributed by atoms with van der Waals surface area (Å²) < 4.78 is 18.2. The molecule has 5 nitrogen and oxygen atoms in total. The Morgan fingerprint density at radius 2 is 1.36 bits per heavy atom. The molecule has 1 aliphatic heterocycles. The molecule has 242 valence electrons. The first kappa shape index (κ1) is 34.8. The van der Waals surface area contributed by atoms with E-state index in [0.717, 1.165) is 50.1 Å². The van der Waals surface area contributed by atoms with Gasteiger partial charge >= 0.3 is 0 Å². The van der Waals surface area contributed by atoms with Crippen LogP contribution in [0.5, 0.6) is 17.2 Å². The molecule has 0 amide bonds. The number of fused-ring (bicyclic) bond motifs is 4. The molecule has 0 saturated heterocycles. The number of terminal acetylenes is 1. The minimum absolute atomic E-state index is 0.0418. The van der Waals surface area contributed by atoms with Crippen molar-refractivity contribution in [3.05, 3.63) is 131 Å². The first-order chi connectivity index (χ1) is 23.1. The minimum atomic E-state index is -0.519. The summed E-state index contributed by atoms with van der Waals surface area (Å²) in [7, 11) is 0. The zero-order valence-electron chi connectivity index (χ0n) is 27.5. The van der Waals surface area contributed by atoms with Crippen LogP contribution in [0.25, 0.3) is 28.0 Å². The van der Waals surface area contributed by atoms with Crippen LogP contribution in [0.15, 0.2) is 109 Å². The van der Waals surface area contributed by atoms with E-state index in [2.05, 4.69) is 111 Å². The molecule has 1 unspecified atom stereocenters. The highest BCUT2D eigenvalue weighted by atomic mass is 16.5.